The summed E-state index contributed by atoms with van der Waals surface area (Å²) in [6.07, 6.45) is 2.30. The maximum atomic E-state index is 5.95. The van der Waals surface area contributed by atoms with Gasteiger partial charge in [-0.25, -0.2) is 0 Å². The van der Waals surface area contributed by atoms with Crippen molar-refractivity contribution < 1.29 is 0 Å². The van der Waals surface area contributed by atoms with E-state index in [1.165, 1.54) is 23.1 Å². The van der Waals surface area contributed by atoms with Gasteiger partial charge in [-0.3, -0.25) is 0 Å². The summed E-state index contributed by atoms with van der Waals surface area (Å²) in [4.78, 5) is 0. The Bertz CT molecular complexity index is 576. The van der Waals surface area contributed by atoms with Gasteiger partial charge < -0.3 is 5.32 Å². The molecule has 104 valence electrons. The molecule has 3 rings (SSSR count). The van der Waals surface area contributed by atoms with E-state index in [0.29, 0.717) is 12.0 Å². The van der Waals surface area contributed by atoms with Crippen LogP contribution in [0.15, 0.2) is 48.5 Å². The molecular formula is C18H20ClN. The van der Waals surface area contributed by atoms with Crippen LogP contribution in [0.3, 0.4) is 0 Å². The zero-order chi connectivity index (χ0) is 13.9. The van der Waals surface area contributed by atoms with Crippen LogP contribution in [0.2, 0.25) is 5.02 Å². The van der Waals surface area contributed by atoms with E-state index in [1.54, 1.807) is 0 Å². The molecule has 0 fully saturated rings. The summed E-state index contributed by atoms with van der Waals surface area (Å²) in [6.45, 7) is 3.28. The van der Waals surface area contributed by atoms with Crippen molar-refractivity contribution in [2.45, 2.75) is 31.7 Å². The minimum Gasteiger partial charge on any atom is -0.309 e. The van der Waals surface area contributed by atoms with Crippen LogP contribution < -0.4 is 5.32 Å². The minimum atomic E-state index is 0.417. The topological polar surface area (TPSA) is 12.0 Å². The van der Waals surface area contributed by atoms with Crippen molar-refractivity contribution in [1.82, 2.24) is 5.32 Å². The van der Waals surface area contributed by atoms with Gasteiger partial charge in [0.1, 0.15) is 0 Å². The Morgan fingerprint density at radius 2 is 1.90 bits per heavy atom. The van der Waals surface area contributed by atoms with Gasteiger partial charge in [-0.05, 0) is 41.7 Å². The lowest BCUT2D eigenvalue weighted by atomic mass is 9.77. The van der Waals surface area contributed by atoms with Crippen molar-refractivity contribution >= 4 is 11.6 Å². The summed E-state index contributed by atoms with van der Waals surface area (Å²) in [6, 6.07) is 17.4. The fraction of sp³-hybridized carbons (Fsp3) is 0.333. The second-order valence-corrected chi connectivity index (χ2v) is 5.96. The Labute approximate surface area is 126 Å². The first-order valence-corrected chi connectivity index (χ1v) is 7.72. The first kappa shape index (κ1) is 13.7. The van der Waals surface area contributed by atoms with Crippen LogP contribution >= 0.6 is 11.6 Å². The molecule has 20 heavy (non-hydrogen) atoms. The highest BCUT2D eigenvalue weighted by atomic mass is 35.5. The van der Waals surface area contributed by atoms with Crippen LogP contribution in [0, 0.1) is 0 Å². The summed E-state index contributed by atoms with van der Waals surface area (Å²) in [7, 11) is 0. The molecule has 1 nitrogen and oxygen atoms in total. The predicted molar refractivity (Wildman–Crippen MR) is 85.4 cm³/mol. The summed E-state index contributed by atoms with van der Waals surface area (Å²) >= 11 is 5.95. The molecule has 2 atom stereocenters. The van der Waals surface area contributed by atoms with Crippen molar-refractivity contribution in [3.05, 3.63) is 70.2 Å². The highest BCUT2D eigenvalue weighted by Gasteiger charge is 2.25. The number of halogens is 1. The fourth-order valence-electron chi connectivity index (χ4n) is 3.02. The van der Waals surface area contributed by atoms with E-state index in [1.807, 2.05) is 12.1 Å². The molecule has 2 unspecified atom stereocenters. The Balaban J connectivity index is 1.61. The van der Waals surface area contributed by atoms with Gasteiger partial charge in [0.25, 0.3) is 0 Å². The smallest absolute Gasteiger partial charge is 0.0406 e. The highest BCUT2D eigenvalue weighted by Crippen LogP contribution is 2.34. The van der Waals surface area contributed by atoms with Gasteiger partial charge in [0.05, 0.1) is 0 Å². The number of benzene rings is 2. The summed E-state index contributed by atoms with van der Waals surface area (Å²) in [5, 5.41) is 4.51. The van der Waals surface area contributed by atoms with Gasteiger partial charge in [-0.1, -0.05) is 54.9 Å². The lowest BCUT2D eigenvalue weighted by Gasteiger charge is -2.32. The molecular weight excluding hydrogens is 266 g/mol. The minimum absolute atomic E-state index is 0.417. The molecule has 1 aliphatic carbocycles. The van der Waals surface area contributed by atoms with E-state index < -0.39 is 0 Å². The average molecular weight is 286 g/mol. The molecule has 0 radical (unpaired) electrons. The molecule has 0 amide bonds. The van der Waals surface area contributed by atoms with Gasteiger partial charge in [0, 0.05) is 23.5 Å². The van der Waals surface area contributed by atoms with E-state index in [0.717, 1.165) is 18.0 Å². The lowest BCUT2D eigenvalue weighted by molar-refractivity contribution is 0.461. The normalized spacial score (nSPS) is 18.2. The number of nitrogens with one attached hydrogen (secondary N) is 1. The van der Waals surface area contributed by atoms with Crippen molar-refractivity contribution in [3.8, 4) is 0 Å². The summed E-state index contributed by atoms with van der Waals surface area (Å²) < 4.78 is 0. The molecule has 1 aliphatic rings. The van der Waals surface area contributed by atoms with E-state index >= 15 is 0 Å². The van der Waals surface area contributed by atoms with Crippen LogP contribution in [0.4, 0.5) is 0 Å². The van der Waals surface area contributed by atoms with Gasteiger partial charge >= 0.3 is 0 Å². The quantitative estimate of drug-likeness (QED) is 0.838. The fourth-order valence-corrected chi connectivity index (χ4v) is 3.15. The van der Waals surface area contributed by atoms with E-state index in [2.05, 4.69) is 48.6 Å². The standard InChI is InChI=1S/C18H20ClN/c1-2-18(13-7-9-16(19)10-8-13)20-12-15-11-14-5-3-4-6-17(14)15/h3-10,15,18,20H,2,11-12H2,1H3. The highest BCUT2D eigenvalue weighted by molar-refractivity contribution is 6.30. The van der Waals surface area contributed by atoms with Crippen LogP contribution in [0.25, 0.3) is 0 Å². The maximum absolute atomic E-state index is 5.95. The summed E-state index contributed by atoms with van der Waals surface area (Å²) in [5.74, 6) is 0.674. The maximum Gasteiger partial charge on any atom is 0.0406 e. The molecule has 2 aromatic rings. The van der Waals surface area contributed by atoms with Gasteiger partial charge in [-0.2, -0.15) is 0 Å². The van der Waals surface area contributed by atoms with Gasteiger partial charge in [0.2, 0.25) is 0 Å². The van der Waals surface area contributed by atoms with Crippen molar-refractivity contribution in [2.24, 2.45) is 0 Å². The monoisotopic (exact) mass is 285 g/mol. The molecule has 2 aromatic carbocycles. The second kappa shape index (κ2) is 5.99. The summed E-state index contributed by atoms with van der Waals surface area (Å²) in [5.41, 5.74) is 4.36. The zero-order valence-corrected chi connectivity index (χ0v) is 12.5. The van der Waals surface area contributed by atoms with Crippen LogP contribution in [0.5, 0.6) is 0 Å². The molecule has 0 bridgehead atoms. The van der Waals surface area contributed by atoms with Crippen LogP contribution in [-0.4, -0.2) is 6.54 Å². The number of hydrogen-bond acceptors (Lipinski definition) is 1. The molecule has 0 spiro atoms. The molecule has 2 heteroatoms. The largest absolute Gasteiger partial charge is 0.309 e. The first-order valence-electron chi connectivity index (χ1n) is 7.34. The third kappa shape index (κ3) is 2.74. The van der Waals surface area contributed by atoms with Gasteiger partial charge in [0.15, 0.2) is 0 Å². The number of rotatable bonds is 5. The van der Waals surface area contributed by atoms with E-state index in [4.69, 9.17) is 11.6 Å². The Morgan fingerprint density at radius 3 is 2.60 bits per heavy atom. The third-order valence-electron chi connectivity index (χ3n) is 4.25. The van der Waals surface area contributed by atoms with E-state index in [-0.39, 0.29) is 0 Å². The van der Waals surface area contributed by atoms with Crippen molar-refractivity contribution in [2.75, 3.05) is 6.54 Å². The Morgan fingerprint density at radius 1 is 1.15 bits per heavy atom. The molecule has 0 aromatic heterocycles. The lowest BCUT2D eigenvalue weighted by Crippen LogP contribution is -2.31. The SMILES string of the molecule is CCC(NCC1Cc2ccccc21)c1ccc(Cl)cc1. The van der Waals surface area contributed by atoms with Crippen molar-refractivity contribution in [3.63, 3.8) is 0 Å². The molecule has 0 heterocycles. The number of hydrogen-bond donors (Lipinski definition) is 1. The van der Waals surface area contributed by atoms with Crippen molar-refractivity contribution in [1.29, 1.82) is 0 Å². The molecule has 0 saturated carbocycles. The van der Waals surface area contributed by atoms with Crippen LogP contribution in [0.1, 0.15) is 42.0 Å². The predicted octanol–water partition coefficient (Wildman–Crippen LogP) is 4.72. The first-order chi connectivity index (χ1) is 9.78. The van der Waals surface area contributed by atoms with Crippen LogP contribution in [-0.2, 0) is 6.42 Å². The Kier molecular flexibility index (Phi) is 4.09. The average Bonchev–Trinajstić information content (AvgIpc) is 2.45. The van der Waals surface area contributed by atoms with E-state index in [9.17, 15) is 0 Å². The molecule has 0 saturated heterocycles. The third-order valence-corrected chi connectivity index (χ3v) is 4.50. The molecule has 0 aliphatic heterocycles. The zero-order valence-electron chi connectivity index (χ0n) is 11.8. The molecule has 1 N–H and O–H groups in total. The Hall–Kier alpha value is -1.31. The van der Waals surface area contributed by atoms with Gasteiger partial charge in [-0.15, -0.1) is 0 Å². The number of fused-ring (bicyclic) bond motifs is 1. The second-order valence-electron chi connectivity index (χ2n) is 5.52.